The lowest BCUT2D eigenvalue weighted by Gasteiger charge is -2.04. The number of ketones is 1. The quantitative estimate of drug-likeness (QED) is 0.564. The summed E-state index contributed by atoms with van der Waals surface area (Å²) in [5, 5.41) is 0. The lowest BCUT2D eigenvalue weighted by atomic mass is 10.0. The van der Waals surface area contributed by atoms with Crippen molar-refractivity contribution >= 4 is 11.8 Å². The minimum absolute atomic E-state index is 0.117. The van der Waals surface area contributed by atoms with Crippen LogP contribution in [0.2, 0.25) is 0 Å². The molecule has 0 atom stereocenters. The molecular weight excluding hydrogens is 182 g/mol. The second-order valence-electron chi connectivity index (χ2n) is 2.66. The van der Waals surface area contributed by atoms with Gasteiger partial charge in [-0.1, -0.05) is 18.2 Å². The molecule has 14 heavy (non-hydrogen) atoms. The summed E-state index contributed by atoms with van der Waals surface area (Å²) in [7, 11) is 1.27. The van der Waals surface area contributed by atoms with Crippen LogP contribution in [-0.2, 0) is 4.74 Å². The second-order valence-corrected chi connectivity index (χ2v) is 2.66. The highest BCUT2D eigenvalue weighted by Gasteiger charge is 2.15. The average molecular weight is 193 g/mol. The Balaban J connectivity index is 3.15. The van der Waals surface area contributed by atoms with E-state index in [-0.39, 0.29) is 17.9 Å². The second kappa shape index (κ2) is 4.53. The summed E-state index contributed by atoms with van der Waals surface area (Å²) >= 11 is 0. The van der Waals surface area contributed by atoms with Gasteiger partial charge in [-0.25, -0.2) is 4.79 Å². The van der Waals surface area contributed by atoms with Gasteiger partial charge in [0.2, 0.25) is 0 Å². The molecule has 0 aromatic heterocycles. The van der Waals surface area contributed by atoms with E-state index in [1.807, 2.05) is 0 Å². The molecule has 0 saturated heterocycles. The van der Waals surface area contributed by atoms with Gasteiger partial charge in [0.25, 0.3) is 0 Å². The molecule has 1 aromatic carbocycles. The van der Waals surface area contributed by atoms with Crippen LogP contribution in [0.25, 0.3) is 0 Å². The number of ether oxygens (including phenoxy) is 1. The van der Waals surface area contributed by atoms with Crippen molar-refractivity contribution in [1.29, 1.82) is 0 Å². The van der Waals surface area contributed by atoms with Gasteiger partial charge in [0.15, 0.2) is 5.78 Å². The number of carbonyl (C=O) groups excluding carboxylic acids is 2. The van der Waals surface area contributed by atoms with Gasteiger partial charge in [0.1, 0.15) is 0 Å². The van der Waals surface area contributed by atoms with E-state index < -0.39 is 5.97 Å². The van der Waals surface area contributed by atoms with Gasteiger partial charge in [-0.05, 0) is 6.07 Å². The van der Waals surface area contributed by atoms with E-state index in [2.05, 4.69) is 4.74 Å². The van der Waals surface area contributed by atoms with Crippen molar-refractivity contribution in [2.45, 2.75) is 0 Å². The highest BCUT2D eigenvalue weighted by Crippen LogP contribution is 2.10. The molecule has 0 aliphatic carbocycles. The third-order valence-electron chi connectivity index (χ3n) is 1.82. The molecule has 0 amide bonds. The fourth-order valence-electron chi connectivity index (χ4n) is 1.12. The molecular formula is C10H11NO3. The van der Waals surface area contributed by atoms with E-state index in [9.17, 15) is 9.59 Å². The van der Waals surface area contributed by atoms with Gasteiger partial charge in [-0.3, -0.25) is 4.79 Å². The van der Waals surface area contributed by atoms with Crippen molar-refractivity contribution in [1.82, 2.24) is 0 Å². The van der Waals surface area contributed by atoms with E-state index in [0.29, 0.717) is 5.56 Å². The fraction of sp³-hybridized carbons (Fsp3) is 0.200. The SMILES string of the molecule is COC(=O)c1ccccc1C(=O)CN. The van der Waals surface area contributed by atoms with Crippen molar-refractivity contribution in [2.75, 3.05) is 13.7 Å². The lowest BCUT2D eigenvalue weighted by Crippen LogP contribution is -2.17. The van der Waals surface area contributed by atoms with E-state index in [1.165, 1.54) is 13.2 Å². The van der Waals surface area contributed by atoms with Crippen LogP contribution in [0.4, 0.5) is 0 Å². The third kappa shape index (κ3) is 1.97. The molecule has 0 spiro atoms. The highest BCUT2D eigenvalue weighted by molar-refractivity contribution is 6.07. The first-order chi connectivity index (χ1) is 6.70. The van der Waals surface area contributed by atoms with Crippen LogP contribution in [0.5, 0.6) is 0 Å². The fourth-order valence-corrected chi connectivity index (χ4v) is 1.12. The minimum atomic E-state index is -0.526. The Hall–Kier alpha value is -1.68. The molecule has 0 fully saturated rings. The van der Waals surface area contributed by atoms with Crippen molar-refractivity contribution in [3.63, 3.8) is 0 Å². The Labute approximate surface area is 81.7 Å². The summed E-state index contributed by atoms with van der Waals surface area (Å²) < 4.78 is 4.54. The first kappa shape index (κ1) is 10.4. The number of rotatable bonds is 3. The predicted molar refractivity (Wildman–Crippen MR) is 51.2 cm³/mol. The van der Waals surface area contributed by atoms with Crippen LogP contribution in [0.3, 0.4) is 0 Å². The number of carbonyl (C=O) groups is 2. The normalized spacial score (nSPS) is 9.57. The number of benzene rings is 1. The summed E-state index contributed by atoms with van der Waals surface area (Å²) in [4.78, 5) is 22.6. The Morgan fingerprint density at radius 3 is 2.36 bits per heavy atom. The molecule has 4 nitrogen and oxygen atoms in total. The van der Waals surface area contributed by atoms with Crippen molar-refractivity contribution < 1.29 is 14.3 Å². The molecule has 2 N–H and O–H groups in total. The van der Waals surface area contributed by atoms with Gasteiger partial charge in [0, 0.05) is 5.56 Å². The van der Waals surface area contributed by atoms with Crippen LogP contribution < -0.4 is 5.73 Å². The van der Waals surface area contributed by atoms with E-state index in [1.54, 1.807) is 18.2 Å². The average Bonchev–Trinajstić information content (AvgIpc) is 2.27. The van der Waals surface area contributed by atoms with Crippen LogP contribution in [0.1, 0.15) is 20.7 Å². The molecule has 1 aromatic rings. The topological polar surface area (TPSA) is 69.4 Å². The first-order valence-electron chi connectivity index (χ1n) is 4.11. The van der Waals surface area contributed by atoms with E-state index in [4.69, 9.17) is 5.73 Å². The number of esters is 1. The molecule has 0 heterocycles. The van der Waals surface area contributed by atoms with Crippen LogP contribution in [-0.4, -0.2) is 25.4 Å². The Bertz CT molecular complexity index is 325. The van der Waals surface area contributed by atoms with E-state index >= 15 is 0 Å². The van der Waals surface area contributed by atoms with Gasteiger partial charge in [0.05, 0.1) is 19.2 Å². The summed E-state index contributed by atoms with van der Waals surface area (Å²) in [5.41, 5.74) is 5.78. The lowest BCUT2D eigenvalue weighted by molar-refractivity contribution is 0.0597. The van der Waals surface area contributed by atoms with Gasteiger partial charge < -0.3 is 10.5 Å². The number of methoxy groups -OCH3 is 1. The smallest absolute Gasteiger partial charge is 0.338 e. The van der Waals surface area contributed by atoms with Crippen molar-refractivity contribution in [3.8, 4) is 0 Å². The molecule has 0 unspecified atom stereocenters. The maximum Gasteiger partial charge on any atom is 0.338 e. The molecule has 0 bridgehead atoms. The summed E-state index contributed by atoms with van der Waals surface area (Å²) in [6.07, 6.45) is 0. The van der Waals surface area contributed by atoms with Gasteiger partial charge in [-0.15, -0.1) is 0 Å². The van der Waals surface area contributed by atoms with Crippen LogP contribution in [0, 0.1) is 0 Å². The maximum absolute atomic E-state index is 11.3. The molecule has 0 radical (unpaired) electrons. The summed E-state index contributed by atoms with van der Waals surface area (Å²) in [5.74, 6) is -0.798. The standard InChI is InChI=1S/C10H11NO3/c1-14-10(13)8-5-3-2-4-7(8)9(12)6-11/h2-5H,6,11H2,1H3. The Morgan fingerprint density at radius 2 is 1.86 bits per heavy atom. The molecule has 74 valence electrons. The molecule has 1 rings (SSSR count). The molecule has 0 saturated carbocycles. The number of hydrogen-bond acceptors (Lipinski definition) is 4. The zero-order valence-corrected chi connectivity index (χ0v) is 7.82. The third-order valence-corrected chi connectivity index (χ3v) is 1.82. The predicted octanol–water partition coefficient (Wildman–Crippen LogP) is 0.615. The Kier molecular flexibility index (Phi) is 3.36. The minimum Gasteiger partial charge on any atom is -0.465 e. The summed E-state index contributed by atoms with van der Waals surface area (Å²) in [6, 6.07) is 6.44. The van der Waals surface area contributed by atoms with Crippen molar-refractivity contribution in [2.24, 2.45) is 5.73 Å². The zero-order chi connectivity index (χ0) is 10.6. The number of hydrogen-bond donors (Lipinski definition) is 1. The van der Waals surface area contributed by atoms with Gasteiger partial charge >= 0.3 is 5.97 Å². The Morgan fingerprint density at radius 1 is 1.29 bits per heavy atom. The molecule has 4 heteroatoms. The van der Waals surface area contributed by atoms with Crippen molar-refractivity contribution in [3.05, 3.63) is 35.4 Å². The zero-order valence-electron chi connectivity index (χ0n) is 7.82. The van der Waals surface area contributed by atoms with E-state index in [0.717, 1.165) is 0 Å². The largest absolute Gasteiger partial charge is 0.465 e. The van der Waals surface area contributed by atoms with Crippen LogP contribution in [0.15, 0.2) is 24.3 Å². The van der Waals surface area contributed by atoms with Gasteiger partial charge in [-0.2, -0.15) is 0 Å². The number of Topliss-reactive ketones (excluding diaryl/α,β-unsaturated/α-hetero) is 1. The van der Waals surface area contributed by atoms with Crippen LogP contribution >= 0.6 is 0 Å². The maximum atomic E-state index is 11.3. The first-order valence-corrected chi connectivity index (χ1v) is 4.11. The molecule has 0 aliphatic rings. The summed E-state index contributed by atoms with van der Waals surface area (Å²) in [6.45, 7) is -0.117. The molecule has 0 aliphatic heterocycles. The number of nitrogens with two attached hydrogens (primary N) is 1. The monoisotopic (exact) mass is 193 g/mol. The highest BCUT2D eigenvalue weighted by atomic mass is 16.5.